The van der Waals surface area contributed by atoms with Gasteiger partial charge >= 0.3 is 0 Å². The number of carbonyl (C=O) groups is 2. The highest BCUT2D eigenvalue weighted by Gasteiger charge is 2.34. The van der Waals surface area contributed by atoms with Gasteiger partial charge in [0.1, 0.15) is 18.3 Å². The summed E-state index contributed by atoms with van der Waals surface area (Å²) < 4.78 is 34.0. The monoisotopic (exact) mass is 605 g/mol. The minimum atomic E-state index is -4.25. The van der Waals surface area contributed by atoms with Crippen molar-refractivity contribution in [1.82, 2.24) is 10.2 Å². The van der Waals surface area contributed by atoms with Crippen molar-refractivity contribution in [1.29, 1.82) is 0 Å². The molecule has 0 saturated carbocycles. The van der Waals surface area contributed by atoms with Gasteiger partial charge in [0.05, 0.1) is 27.7 Å². The van der Waals surface area contributed by atoms with Gasteiger partial charge in [-0.2, -0.15) is 0 Å². The molecule has 0 spiro atoms. The molecule has 0 unspecified atom stereocenters. The maximum Gasteiger partial charge on any atom is 0.264 e. The third kappa shape index (κ3) is 7.47. The van der Waals surface area contributed by atoms with Gasteiger partial charge in [0.25, 0.3) is 10.0 Å². The van der Waals surface area contributed by atoms with E-state index in [1.165, 1.54) is 36.3 Å². The van der Waals surface area contributed by atoms with Crippen LogP contribution in [0.2, 0.25) is 10.0 Å². The number of nitrogens with zero attached hydrogens (tertiary/aromatic N) is 2. The highest BCUT2D eigenvalue weighted by molar-refractivity contribution is 7.92. The molecule has 3 aromatic carbocycles. The Labute approximate surface area is 245 Å². The number of hydrogen-bond acceptors (Lipinski definition) is 5. The molecule has 0 fully saturated rings. The van der Waals surface area contributed by atoms with E-state index < -0.39 is 28.5 Å². The molecule has 0 saturated heterocycles. The number of benzene rings is 3. The second-order valence-corrected chi connectivity index (χ2v) is 11.6. The Morgan fingerprint density at radius 2 is 1.68 bits per heavy atom. The standard InChI is InChI=1S/C29H33Cl2N3O5S/c1-4-17-32-29(36)25(5-2)33(19-21-11-9-12-22(18-21)39-3)27(35)20-34(26-16-10-15-24(30)28(26)31)40(37,38)23-13-7-6-8-14-23/h6-16,18,25H,4-5,17,19-20H2,1-3H3,(H,32,36)/t25-/m0/s1. The summed E-state index contributed by atoms with van der Waals surface area (Å²) in [6.07, 6.45) is 1.04. The molecule has 1 atom stereocenters. The number of methoxy groups -OCH3 is 1. The van der Waals surface area contributed by atoms with E-state index in [1.54, 1.807) is 49.4 Å². The van der Waals surface area contributed by atoms with Crippen LogP contribution < -0.4 is 14.4 Å². The lowest BCUT2D eigenvalue weighted by atomic mass is 10.1. The minimum Gasteiger partial charge on any atom is -0.497 e. The van der Waals surface area contributed by atoms with Crippen molar-refractivity contribution < 1.29 is 22.7 Å². The van der Waals surface area contributed by atoms with Gasteiger partial charge in [-0.1, -0.05) is 73.4 Å². The van der Waals surface area contributed by atoms with Crippen molar-refractivity contribution in [2.45, 2.75) is 44.2 Å². The second kappa shape index (κ2) is 14.4. The molecule has 1 N–H and O–H groups in total. The van der Waals surface area contributed by atoms with Gasteiger partial charge < -0.3 is 15.0 Å². The molecule has 0 bridgehead atoms. The largest absolute Gasteiger partial charge is 0.497 e. The van der Waals surface area contributed by atoms with E-state index in [-0.39, 0.29) is 33.1 Å². The van der Waals surface area contributed by atoms with Gasteiger partial charge in [0.2, 0.25) is 11.8 Å². The molecular weight excluding hydrogens is 573 g/mol. The Hall–Kier alpha value is -3.27. The van der Waals surface area contributed by atoms with Crippen molar-refractivity contribution in [2.24, 2.45) is 0 Å². The molecule has 3 rings (SSSR count). The average molecular weight is 607 g/mol. The zero-order valence-electron chi connectivity index (χ0n) is 22.6. The summed E-state index contributed by atoms with van der Waals surface area (Å²) in [7, 11) is -2.71. The summed E-state index contributed by atoms with van der Waals surface area (Å²) in [4.78, 5) is 28.6. The van der Waals surface area contributed by atoms with E-state index in [0.29, 0.717) is 24.3 Å². The summed E-state index contributed by atoms with van der Waals surface area (Å²) >= 11 is 12.7. The van der Waals surface area contributed by atoms with Crippen LogP contribution in [0.5, 0.6) is 5.75 Å². The van der Waals surface area contributed by atoms with Crippen LogP contribution in [-0.4, -0.2) is 51.4 Å². The molecule has 0 aliphatic rings. The molecule has 3 aromatic rings. The number of anilines is 1. The first-order valence-corrected chi connectivity index (χ1v) is 15.1. The fourth-order valence-electron chi connectivity index (χ4n) is 4.17. The Morgan fingerprint density at radius 3 is 2.33 bits per heavy atom. The van der Waals surface area contributed by atoms with E-state index in [1.807, 2.05) is 13.0 Å². The highest BCUT2D eigenvalue weighted by atomic mass is 35.5. The lowest BCUT2D eigenvalue weighted by Gasteiger charge is -2.33. The first kappa shape index (κ1) is 31.3. The van der Waals surface area contributed by atoms with Gasteiger partial charge in [-0.15, -0.1) is 0 Å². The average Bonchev–Trinajstić information content (AvgIpc) is 2.96. The summed E-state index contributed by atoms with van der Waals surface area (Å²) in [6.45, 7) is 3.62. The zero-order valence-corrected chi connectivity index (χ0v) is 25.0. The fourth-order valence-corrected chi connectivity index (χ4v) is 6.07. The SMILES string of the molecule is CCCNC(=O)[C@H](CC)N(Cc1cccc(OC)c1)C(=O)CN(c1cccc(Cl)c1Cl)S(=O)(=O)c1ccccc1. The van der Waals surface area contributed by atoms with Crippen LogP contribution >= 0.6 is 23.2 Å². The molecular formula is C29H33Cl2N3O5S. The molecule has 40 heavy (non-hydrogen) atoms. The van der Waals surface area contributed by atoms with Gasteiger partial charge in [-0.3, -0.25) is 13.9 Å². The fraction of sp³-hybridized carbons (Fsp3) is 0.310. The summed E-state index contributed by atoms with van der Waals surface area (Å²) in [6, 6.07) is 18.6. The van der Waals surface area contributed by atoms with Crippen molar-refractivity contribution in [3.05, 3.63) is 88.4 Å². The van der Waals surface area contributed by atoms with Crippen LogP contribution in [0, 0.1) is 0 Å². The van der Waals surface area contributed by atoms with E-state index in [0.717, 1.165) is 10.7 Å². The van der Waals surface area contributed by atoms with Crippen LogP contribution in [0.25, 0.3) is 0 Å². The van der Waals surface area contributed by atoms with Crippen LogP contribution in [0.15, 0.2) is 77.7 Å². The molecule has 0 aliphatic heterocycles. The Balaban J connectivity index is 2.09. The lowest BCUT2D eigenvalue weighted by Crippen LogP contribution is -2.52. The number of hydrogen-bond donors (Lipinski definition) is 1. The number of halogens is 2. The van der Waals surface area contributed by atoms with E-state index in [2.05, 4.69) is 5.32 Å². The topological polar surface area (TPSA) is 96.0 Å². The minimum absolute atomic E-state index is 0.0106. The van der Waals surface area contributed by atoms with Crippen LogP contribution in [-0.2, 0) is 26.2 Å². The number of carbonyl (C=O) groups excluding carboxylic acids is 2. The van der Waals surface area contributed by atoms with Gasteiger partial charge in [0, 0.05) is 13.1 Å². The van der Waals surface area contributed by atoms with Crippen molar-refractivity contribution in [2.75, 3.05) is 24.5 Å². The van der Waals surface area contributed by atoms with Crippen LogP contribution in [0.4, 0.5) is 5.69 Å². The van der Waals surface area contributed by atoms with Gasteiger partial charge in [0.15, 0.2) is 0 Å². The summed E-state index contributed by atoms with van der Waals surface area (Å²) in [5.74, 6) is -0.317. The third-order valence-corrected chi connectivity index (χ3v) is 8.82. The molecule has 214 valence electrons. The highest BCUT2D eigenvalue weighted by Crippen LogP contribution is 2.35. The molecule has 0 heterocycles. The maximum absolute atomic E-state index is 14.1. The van der Waals surface area contributed by atoms with Crippen molar-refractivity contribution >= 4 is 50.7 Å². The Bertz CT molecular complexity index is 1420. The van der Waals surface area contributed by atoms with E-state index in [4.69, 9.17) is 27.9 Å². The van der Waals surface area contributed by atoms with Crippen molar-refractivity contribution in [3.63, 3.8) is 0 Å². The first-order chi connectivity index (χ1) is 19.1. The maximum atomic E-state index is 14.1. The molecule has 2 amide bonds. The molecule has 0 aliphatic carbocycles. The number of nitrogens with one attached hydrogen (secondary N) is 1. The number of amides is 2. The van der Waals surface area contributed by atoms with E-state index >= 15 is 0 Å². The third-order valence-electron chi connectivity index (χ3n) is 6.23. The van der Waals surface area contributed by atoms with Gasteiger partial charge in [-0.25, -0.2) is 8.42 Å². The lowest BCUT2D eigenvalue weighted by molar-refractivity contribution is -0.140. The first-order valence-electron chi connectivity index (χ1n) is 12.9. The smallest absolute Gasteiger partial charge is 0.264 e. The summed E-state index contributed by atoms with van der Waals surface area (Å²) in [5.41, 5.74) is 0.767. The number of ether oxygens (including phenoxy) is 1. The molecule has 11 heteroatoms. The van der Waals surface area contributed by atoms with Gasteiger partial charge in [-0.05, 0) is 54.8 Å². The van der Waals surface area contributed by atoms with Crippen molar-refractivity contribution in [3.8, 4) is 5.75 Å². The molecule has 8 nitrogen and oxygen atoms in total. The number of sulfonamides is 1. The second-order valence-electron chi connectivity index (χ2n) is 8.99. The quantitative estimate of drug-likeness (QED) is 0.276. The van der Waals surface area contributed by atoms with Crippen LogP contribution in [0.1, 0.15) is 32.3 Å². The number of rotatable bonds is 13. The zero-order chi connectivity index (χ0) is 29.3. The summed E-state index contributed by atoms with van der Waals surface area (Å²) in [5, 5.41) is 2.98. The Morgan fingerprint density at radius 1 is 0.975 bits per heavy atom. The normalized spacial score (nSPS) is 11.9. The molecule has 0 radical (unpaired) electrons. The molecule has 0 aromatic heterocycles. The van der Waals surface area contributed by atoms with Crippen LogP contribution in [0.3, 0.4) is 0 Å². The Kier molecular flexibility index (Phi) is 11.2. The predicted octanol–water partition coefficient (Wildman–Crippen LogP) is 5.53. The predicted molar refractivity (Wildman–Crippen MR) is 158 cm³/mol. The van der Waals surface area contributed by atoms with E-state index in [9.17, 15) is 18.0 Å².